The molecule has 0 fully saturated rings. The van der Waals surface area contributed by atoms with E-state index >= 15 is 0 Å². The lowest BCUT2D eigenvalue weighted by molar-refractivity contribution is 0.101. The monoisotopic (exact) mass is 328 g/mol. The number of amides is 1. The van der Waals surface area contributed by atoms with Crippen LogP contribution in [0, 0.1) is 0 Å². The van der Waals surface area contributed by atoms with Gasteiger partial charge in [0.05, 0.1) is 12.8 Å². The first-order chi connectivity index (χ1) is 11.2. The standard InChI is InChI=1S/C16H16N4O2S/c1-3-20-14(8-9-17-20)15(21)19-16-18-13(10-23-16)11-4-6-12(22-2)7-5-11/h4-10H,3H2,1-2H3,(H,18,19,21). The van der Waals surface area contributed by atoms with Crippen LogP contribution in [0.3, 0.4) is 0 Å². The molecule has 0 unspecified atom stereocenters. The second-order valence-corrected chi connectivity index (χ2v) is 5.61. The fraction of sp³-hybridized carbons (Fsp3) is 0.188. The summed E-state index contributed by atoms with van der Waals surface area (Å²) in [6.45, 7) is 2.58. The number of aromatic nitrogens is 3. The van der Waals surface area contributed by atoms with Gasteiger partial charge in [0.2, 0.25) is 0 Å². The Bertz CT molecular complexity index is 808. The van der Waals surface area contributed by atoms with Crippen molar-refractivity contribution in [2.24, 2.45) is 0 Å². The molecule has 0 aliphatic heterocycles. The number of anilines is 1. The van der Waals surface area contributed by atoms with Crippen LogP contribution in [0.5, 0.6) is 5.75 Å². The largest absolute Gasteiger partial charge is 0.497 e. The van der Waals surface area contributed by atoms with Crippen LogP contribution in [0.2, 0.25) is 0 Å². The number of nitrogens with zero attached hydrogens (tertiary/aromatic N) is 3. The average Bonchev–Trinajstić information content (AvgIpc) is 3.23. The van der Waals surface area contributed by atoms with Gasteiger partial charge in [0, 0.05) is 23.7 Å². The van der Waals surface area contributed by atoms with Crippen LogP contribution in [0.25, 0.3) is 11.3 Å². The first-order valence-electron chi connectivity index (χ1n) is 7.14. The number of carbonyl (C=O) groups excluding carboxylic acids is 1. The lowest BCUT2D eigenvalue weighted by Gasteiger charge is -2.04. The highest BCUT2D eigenvalue weighted by Gasteiger charge is 2.13. The van der Waals surface area contributed by atoms with Crippen molar-refractivity contribution in [3.8, 4) is 17.0 Å². The minimum Gasteiger partial charge on any atom is -0.497 e. The molecule has 0 atom stereocenters. The smallest absolute Gasteiger partial charge is 0.275 e. The van der Waals surface area contributed by atoms with Crippen molar-refractivity contribution in [3.05, 3.63) is 47.6 Å². The second-order valence-electron chi connectivity index (χ2n) is 4.75. The molecule has 0 radical (unpaired) electrons. The van der Waals surface area contributed by atoms with E-state index in [0.29, 0.717) is 17.4 Å². The van der Waals surface area contributed by atoms with E-state index in [4.69, 9.17) is 4.74 Å². The predicted molar refractivity (Wildman–Crippen MR) is 90.0 cm³/mol. The summed E-state index contributed by atoms with van der Waals surface area (Å²) in [5, 5.41) is 9.38. The first-order valence-corrected chi connectivity index (χ1v) is 8.02. The Labute approximate surface area is 137 Å². The van der Waals surface area contributed by atoms with E-state index in [1.807, 2.05) is 36.6 Å². The quantitative estimate of drug-likeness (QED) is 0.780. The van der Waals surface area contributed by atoms with Crippen LogP contribution in [0.15, 0.2) is 41.9 Å². The molecule has 7 heteroatoms. The van der Waals surface area contributed by atoms with Crippen LogP contribution in [0.1, 0.15) is 17.4 Å². The molecule has 0 saturated heterocycles. The van der Waals surface area contributed by atoms with Crippen molar-refractivity contribution in [3.63, 3.8) is 0 Å². The van der Waals surface area contributed by atoms with Gasteiger partial charge in [-0.3, -0.25) is 14.8 Å². The maximum Gasteiger partial charge on any atom is 0.275 e. The van der Waals surface area contributed by atoms with Crippen LogP contribution in [0.4, 0.5) is 5.13 Å². The molecule has 0 aliphatic rings. The number of rotatable bonds is 5. The second kappa shape index (κ2) is 6.62. The Morgan fingerprint density at radius 3 is 2.78 bits per heavy atom. The molecule has 23 heavy (non-hydrogen) atoms. The summed E-state index contributed by atoms with van der Waals surface area (Å²) in [6.07, 6.45) is 1.61. The van der Waals surface area contributed by atoms with E-state index in [2.05, 4.69) is 15.4 Å². The van der Waals surface area contributed by atoms with Crippen LogP contribution < -0.4 is 10.1 Å². The van der Waals surface area contributed by atoms with E-state index in [0.717, 1.165) is 17.0 Å². The van der Waals surface area contributed by atoms with Gasteiger partial charge in [0.15, 0.2) is 5.13 Å². The minimum absolute atomic E-state index is 0.208. The minimum atomic E-state index is -0.208. The van der Waals surface area contributed by atoms with E-state index in [1.54, 1.807) is 24.1 Å². The van der Waals surface area contributed by atoms with Crippen molar-refractivity contribution in [2.75, 3.05) is 12.4 Å². The number of hydrogen-bond donors (Lipinski definition) is 1. The van der Waals surface area contributed by atoms with Gasteiger partial charge >= 0.3 is 0 Å². The van der Waals surface area contributed by atoms with E-state index in [1.165, 1.54) is 11.3 Å². The summed E-state index contributed by atoms with van der Waals surface area (Å²) in [4.78, 5) is 16.7. The Kier molecular flexibility index (Phi) is 4.38. The number of carbonyl (C=O) groups is 1. The highest BCUT2D eigenvalue weighted by atomic mass is 32.1. The van der Waals surface area contributed by atoms with Crippen LogP contribution >= 0.6 is 11.3 Å². The van der Waals surface area contributed by atoms with Gasteiger partial charge in [-0.15, -0.1) is 11.3 Å². The van der Waals surface area contributed by atoms with Crippen molar-refractivity contribution >= 4 is 22.4 Å². The maximum absolute atomic E-state index is 12.3. The summed E-state index contributed by atoms with van der Waals surface area (Å²) < 4.78 is 6.79. The number of nitrogens with one attached hydrogen (secondary N) is 1. The Morgan fingerprint density at radius 1 is 1.30 bits per heavy atom. The van der Waals surface area contributed by atoms with Gasteiger partial charge in [-0.25, -0.2) is 4.98 Å². The van der Waals surface area contributed by atoms with Crippen molar-refractivity contribution in [2.45, 2.75) is 13.5 Å². The van der Waals surface area contributed by atoms with Crippen molar-refractivity contribution in [1.82, 2.24) is 14.8 Å². The number of benzene rings is 1. The lowest BCUT2D eigenvalue weighted by Crippen LogP contribution is -2.17. The Balaban J connectivity index is 1.75. The van der Waals surface area contributed by atoms with Gasteiger partial charge in [-0.05, 0) is 37.3 Å². The van der Waals surface area contributed by atoms with Gasteiger partial charge in [0.25, 0.3) is 5.91 Å². The molecule has 0 saturated carbocycles. The molecule has 2 aromatic heterocycles. The van der Waals surface area contributed by atoms with Crippen LogP contribution in [-0.2, 0) is 6.54 Å². The molecule has 118 valence electrons. The molecular formula is C16H16N4O2S. The fourth-order valence-corrected chi connectivity index (χ4v) is 2.88. The summed E-state index contributed by atoms with van der Waals surface area (Å²) in [7, 11) is 1.63. The van der Waals surface area contributed by atoms with Crippen molar-refractivity contribution < 1.29 is 9.53 Å². The predicted octanol–water partition coefficient (Wildman–Crippen LogP) is 3.29. The molecule has 6 nitrogen and oxygen atoms in total. The summed E-state index contributed by atoms with van der Waals surface area (Å²) in [6, 6.07) is 9.33. The van der Waals surface area contributed by atoms with E-state index < -0.39 is 0 Å². The molecule has 1 amide bonds. The number of ether oxygens (including phenoxy) is 1. The third-order valence-corrected chi connectivity index (χ3v) is 4.12. The zero-order chi connectivity index (χ0) is 16.2. The van der Waals surface area contributed by atoms with Gasteiger partial charge in [-0.2, -0.15) is 5.10 Å². The fourth-order valence-electron chi connectivity index (χ4n) is 2.16. The number of methoxy groups -OCH3 is 1. The van der Waals surface area contributed by atoms with Crippen molar-refractivity contribution in [1.29, 1.82) is 0 Å². The number of hydrogen-bond acceptors (Lipinski definition) is 5. The molecule has 2 heterocycles. The zero-order valence-electron chi connectivity index (χ0n) is 12.8. The molecule has 3 aromatic rings. The van der Waals surface area contributed by atoms with Gasteiger partial charge < -0.3 is 4.74 Å². The maximum atomic E-state index is 12.3. The lowest BCUT2D eigenvalue weighted by atomic mass is 10.2. The molecular weight excluding hydrogens is 312 g/mol. The molecule has 1 aromatic carbocycles. The topological polar surface area (TPSA) is 69.0 Å². The summed E-state index contributed by atoms with van der Waals surface area (Å²) >= 11 is 1.39. The highest BCUT2D eigenvalue weighted by Crippen LogP contribution is 2.26. The van der Waals surface area contributed by atoms with E-state index in [-0.39, 0.29) is 5.91 Å². The van der Waals surface area contributed by atoms with Gasteiger partial charge in [-0.1, -0.05) is 0 Å². The normalized spacial score (nSPS) is 10.5. The zero-order valence-corrected chi connectivity index (χ0v) is 13.6. The Hall–Kier alpha value is -2.67. The van der Waals surface area contributed by atoms with E-state index in [9.17, 15) is 4.79 Å². The molecule has 1 N–H and O–H groups in total. The molecule has 0 aliphatic carbocycles. The highest BCUT2D eigenvalue weighted by molar-refractivity contribution is 7.14. The molecule has 0 spiro atoms. The molecule has 3 rings (SSSR count). The SMILES string of the molecule is CCn1nccc1C(=O)Nc1nc(-c2ccc(OC)cc2)cs1. The first kappa shape index (κ1) is 15.2. The van der Waals surface area contributed by atoms with Crippen LogP contribution in [-0.4, -0.2) is 27.8 Å². The molecule has 0 bridgehead atoms. The summed E-state index contributed by atoms with van der Waals surface area (Å²) in [5.41, 5.74) is 2.31. The number of aryl methyl sites for hydroxylation is 1. The third kappa shape index (κ3) is 3.24. The third-order valence-electron chi connectivity index (χ3n) is 3.36. The van der Waals surface area contributed by atoms with Gasteiger partial charge in [0.1, 0.15) is 11.4 Å². The average molecular weight is 328 g/mol. The summed E-state index contributed by atoms with van der Waals surface area (Å²) in [5.74, 6) is 0.588. The number of thiazole rings is 1. The Morgan fingerprint density at radius 2 is 2.09 bits per heavy atom.